The minimum absolute atomic E-state index is 0. The molecule has 0 atom stereocenters. The Morgan fingerprint density at radius 3 is 2.26 bits per heavy atom. The standard InChI is InChI=1S/C22H28N4O4.ClH/c1-4-24(5-2)13-14-25-21-12-7-17(26(27)28)15-20(21)23-22(25)16-30-19-10-8-18(9-11-19)29-6-3;/h7-12,15H,4-6,13-14,16H2,1-3H3;1H. The smallest absolute Gasteiger partial charge is 0.271 e. The van der Waals surface area contributed by atoms with Crippen LogP contribution in [0.5, 0.6) is 11.5 Å². The van der Waals surface area contributed by atoms with Crippen LogP contribution in [0.15, 0.2) is 42.5 Å². The van der Waals surface area contributed by atoms with Gasteiger partial charge in [0.25, 0.3) is 5.69 Å². The third kappa shape index (κ3) is 6.08. The predicted molar refractivity (Wildman–Crippen MR) is 123 cm³/mol. The minimum Gasteiger partial charge on any atom is -0.494 e. The maximum Gasteiger partial charge on any atom is 0.271 e. The van der Waals surface area contributed by atoms with Gasteiger partial charge in [-0.15, -0.1) is 12.4 Å². The summed E-state index contributed by atoms with van der Waals surface area (Å²) in [4.78, 5) is 17.7. The van der Waals surface area contributed by atoms with E-state index >= 15 is 0 Å². The Kier molecular flexibility index (Phi) is 9.08. The Morgan fingerprint density at radius 1 is 1.03 bits per heavy atom. The molecule has 0 saturated heterocycles. The topological polar surface area (TPSA) is 82.7 Å². The molecule has 0 unspecified atom stereocenters. The predicted octanol–water partition coefficient (Wildman–Crippen LogP) is 4.69. The fourth-order valence-electron chi connectivity index (χ4n) is 3.37. The molecule has 1 aromatic heterocycles. The van der Waals surface area contributed by atoms with Gasteiger partial charge in [0.2, 0.25) is 0 Å². The van der Waals surface area contributed by atoms with Crippen LogP contribution < -0.4 is 9.47 Å². The number of non-ortho nitro benzene ring substituents is 1. The lowest BCUT2D eigenvalue weighted by Crippen LogP contribution is -2.27. The Morgan fingerprint density at radius 2 is 1.68 bits per heavy atom. The van der Waals surface area contributed by atoms with Crippen molar-refractivity contribution >= 4 is 29.1 Å². The minimum atomic E-state index is -0.398. The summed E-state index contributed by atoms with van der Waals surface area (Å²) in [7, 11) is 0. The lowest BCUT2D eigenvalue weighted by Gasteiger charge is -2.19. The van der Waals surface area contributed by atoms with Gasteiger partial charge >= 0.3 is 0 Å². The third-order valence-corrected chi connectivity index (χ3v) is 5.06. The number of likely N-dealkylation sites (N-methyl/N-ethyl adjacent to an activating group) is 1. The number of hydrogen-bond donors (Lipinski definition) is 0. The molecule has 0 spiro atoms. The van der Waals surface area contributed by atoms with Gasteiger partial charge in [-0.25, -0.2) is 4.98 Å². The molecule has 0 bridgehead atoms. The summed E-state index contributed by atoms with van der Waals surface area (Å²) in [6, 6.07) is 12.3. The molecule has 0 amide bonds. The first-order valence-electron chi connectivity index (χ1n) is 10.3. The van der Waals surface area contributed by atoms with Crippen molar-refractivity contribution in [1.29, 1.82) is 0 Å². The monoisotopic (exact) mass is 448 g/mol. The molecule has 0 aliphatic rings. The Bertz CT molecular complexity index is 987. The van der Waals surface area contributed by atoms with Crippen molar-refractivity contribution in [2.24, 2.45) is 0 Å². The molecular formula is C22H29ClN4O4. The lowest BCUT2D eigenvalue weighted by atomic mass is 10.3. The fraction of sp³-hybridized carbons (Fsp3) is 0.409. The molecule has 1 heterocycles. The van der Waals surface area contributed by atoms with E-state index in [9.17, 15) is 10.1 Å². The van der Waals surface area contributed by atoms with Gasteiger partial charge in [0.05, 0.1) is 22.6 Å². The van der Waals surface area contributed by atoms with Crippen LogP contribution in [0.1, 0.15) is 26.6 Å². The average Bonchev–Trinajstić information content (AvgIpc) is 3.11. The number of benzene rings is 2. The number of hydrogen-bond acceptors (Lipinski definition) is 6. The van der Waals surface area contributed by atoms with E-state index in [0.29, 0.717) is 17.9 Å². The Hall–Kier alpha value is -2.84. The van der Waals surface area contributed by atoms with E-state index in [-0.39, 0.29) is 24.7 Å². The number of nitro groups is 1. The van der Waals surface area contributed by atoms with Crippen LogP contribution in [0, 0.1) is 10.1 Å². The van der Waals surface area contributed by atoms with Crippen molar-refractivity contribution in [1.82, 2.24) is 14.5 Å². The second-order valence-electron chi connectivity index (χ2n) is 6.83. The highest BCUT2D eigenvalue weighted by atomic mass is 35.5. The third-order valence-electron chi connectivity index (χ3n) is 5.06. The van der Waals surface area contributed by atoms with E-state index in [1.165, 1.54) is 12.1 Å². The molecule has 0 radical (unpaired) electrons. The summed E-state index contributed by atoms with van der Waals surface area (Å²) < 4.78 is 13.5. The Labute approximate surface area is 188 Å². The van der Waals surface area contributed by atoms with Gasteiger partial charge in [0, 0.05) is 25.2 Å². The molecule has 31 heavy (non-hydrogen) atoms. The second-order valence-corrected chi connectivity index (χ2v) is 6.83. The van der Waals surface area contributed by atoms with Crippen LogP contribution in [0.4, 0.5) is 5.69 Å². The van der Waals surface area contributed by atoms with Crippen LogP contribution in [0.25, 0.3) is 11.0 Å². The van der Waals surface area contributed by atoms with E-state index in [4.69, 9.17) is 9.47 Å². The van der Waals surface area contributed by atoms with Gasteiger partial charge in [-0.3, -0.25) is 10.1 Å². The summed E-state index contributed by atoms with van der Waals surface area (Å²) in [5.74, 6) is 2.25. The van der Waals surface area contributed by atoms with Crippen molar-refractivity contribution in [3.8, 4) is 11.5 Å². The summed E-state index contributed by atoms with van der Waals surface area (Å²) in [6.07, 6.45) is 0. The van der Waals surface area contributed by atoms with E-state index in [0.717, 1.165) is 43.3 Å². The van der Waals surface area contributed by atoms with Gasteiger partial charge < -0.3 is 18.9 Å². The normalized spacial score (nSPS) is 10.8. The van der Waals surface area contributed by atoms with Crippen molar-refractivity contribution in [2.75, 3.05) is 26.2 Å². The van der Waals surface area contributed by atoms with E-state index in [1.807, 2.05) is 31.2 Å². The number of aromatic nitrogens is 2. The zero-order chi connectivity index (χ0) is 21.5. The quantitative estimate of drug-likeness (QED) is 0.312. The molecule has 0 saturated carbocycles. The summed E-state index contributed by atoms with van der Waals surface area (Å²) in [6.45, 7) is 10.6. The highest BCUT2D eigenvalue weighted by Gasteiger charge is 2.16. The van der Waals surface area contributed by atoms with Crippen LogP contribution in [0.2, 0.25) is 0 Å². The van der Waals surface area contributed by atoms with Gasteiger partial charge in [-0.05, 0) is 50.3 Å². The van der Waals surface area contributed by atoms with E-state index in [1.54, 1.807) is 6.07 Å². The van der Waals surface area contributed by atoms with Gasteiger partial charge in [0.1, 0.15) is 23.9 Å². The molecule has 2 aromatic carbocycles. The van der Waals surface area contributed by atoms with Gasteiger partial charge in [-0.2, -0.15) is 0 Å². The van der Waals surface area contributed by atoms with Gasteiger partial charge in [-0.1, -0.05) is 13.8 Å². The number of imidazole rings is 1. The van der Waals surface area contributed by atoms with Crippen LogP contribution in [-0.2, 0) is 13.2 Å². The second kappa shape index (κ2) is 11.5. The number of nitrogens with zero attached hydrogens (tertiary/aromatic N) is 4. The van der Waals surface area contributed by atoms with Crippen molar-refractivity contribution < 1.29 is 14.4 Å². The molecule has 8 nitrogen and oxygen atoms in total. The maximum atomic E-state index is 11.1. The van der Waals surface area contributed by atoms with Crippen molar-refractivity contribution in [3.05, 3.63) is 58.4 Å². The molecule has 0 N–H and O–H groups in total. The largest absolute Gasteiger partial charge is 0.494 e. The van der Waals surface area contributed by atoms with Crippen LogP contribution in [0.3, 0.4) is 0 Å². The van der Waals surface area contributed by atoms with Crippen LogP contribution in [-0.4, -0.2) is 45.6 Å². The zero-order valence-electron chi connectivity index (χ0n) is 18.1. The Balaban J connectivity index is 0.00000341. The summed E-state index contributed by atoms with van der Waals surface area (Å²) in [5.41, 5.74) is 1.52. The molecule has 3 rings (SSSR count). The zero-order valence-corrected chi connectivity index (χ0v) is 18.9. The number of halogens is 1. The van der Waals surface area contributed by atoms with Crippen molar-refractivity contribution in [3.63, 3.8) is 0 Å². The highest BCUT2D eigenvalue weighted by molar-refractivity contribution is 5.85. The van der Waals surface area contributed by atoms with Crippen molar-refractivity contribution in [2.45, 2.75) is 33.9 Å². The SMILES string of the molecule is CCOc1ccc(OCc2nc3cc([N+](=O)[O-])ccc3n2CCN(CC)CC)cc1.Cl. The number of fused-ring (bicyclic) bond motifs is 1. The van der Waals surface area contributed by atoms with Crippen LogP contribution >= 0.6 is 12.4 Å². The molecule has 168 valence electrons. The number of rotatable bonds is 11. The van der Waals surface area contributed by atoms with E-state index in [2.05, 4.69) is 28.3 Å². The molecular weight excluding hydrogens is 420 g/mol. The molecule has 0 aliphatic heterocycles. The molecule has 9 heteroatoms. The first-order chi connectivity index (χ1) is 14.5. The fourth-order valence-corrected chi connectivity index (χ4v) is 3.37. The first-order valence-corrected chi connectivity index (χ1v) is 10.3. The number of nitro benzene ring substituents is 1. The van der Waals surface area contributed by atoms with Gasteiger partial charge in [0.15, 0.2) is 0 Å². The summed E-state index contributed by atoms with van der Waals surface area (Å²) in [5, 5.41) is 11.1. The highest BCUT2D eigenvalue weighted by Crippen LogP contribution is 2.24. The molecule has 0 aliphatic carbocycles. The molecule has 3 aromatic rings. The van der Waals surface area contributed by atoms with E-state index < -0.39 is 4.92 Å². The maximum absolute atomic E-state index is 11.1. The lowest BCUT2D eigenvalue weighted by molar-refractivity contribution is -0.384. The number of ether oxygens (including phenoxy) is 2. The average molecular weight is 449 g/mol. The first kappa shape index (κ1) is 24.4. The molecule has 0 fully saturated rings. The summed E-state index contributed by atoms with van der Waals surface area (Å²) >= 11 is 0.